The van der Waals surface area contributed by atoms with Crippen LogP contribution in [0.3, 0.4) is 0 Å². The molecule has 0 bridgehead atoms. The van der Waals surface area contributed by atoms with Crippen LogP contribution in [0.25, 0.3) is 0 Å². The normalized spacial score (nSPS) is 10.6. The first kappa shape index (κ1) is 14.9. The van der Waals surface area contributed by atoms with E-state index in [1.807, 2.05) is 19.1 Å². The Morgan fingerprint density at radius 1 is 1.10 bits per heavy atom. The van der Waals surface area contributed by atoms with E-state index < -0.39 is 0 Å². The average molecular weight is 281 g/mol. The second-order valence-electron chi connectivity index (χ2n) is 4.89. The van der Waals surface area contributed by atoms with Crippen molar-refractivity contribution < 1.29 is 9.53 Å². The van der Waals surface area contributed by atoms with Crippen LogP contribution in [0.15, 0.2) is 54.7 Å². The van der Waals surface area contributed by atoms with Gasteiger partial charge in [-0.1, -0.05) is 17.7 Å². The Balaban J connectivity index is 2.01. The van der Waals surface area contributed by atoms with E-state index in [1.54, 1.807) is 37.6 Å². The fourth-order valence-electron chi connectivity index (χ4n) is 2.03. The van der Waals surface area contributed by atoms with E-state index in [-0.39, 0.29) is 5.78 Å². The first-order chi connectivity index (χ1) is 10.1. The number of carbonyl (C=O) groups is 1. The molecule has 21 heavy (non-hydrogen) atoms. The zero-order valence-corrected chi connectivity index (χ0v) is 12.5. The van der Waals surface area contributed by atoms with Crippen LogP contribution in [0.4, 0.5) is 5.69 Å². The Kier molecular flexibility index (Phi) is 4.77. The number of ketones is 1. The lowest BCUT2D eigenvalue weighted by Crippen LogP contribution is -1.97. The molecule has 0 aliphatic carbocycles. The van der Waals surface area contributed by atoms with Crippen molar-refractivity contribution in [3.05, 3.63) is 71.4 Å². The molecule has 0 aromatic heterocycles. The van der Waals surface area contributed by atoms with E-state index in [2.05, 4.69) is 18.3 Å². The summed E-state index contributed by atoms with van der Waals surface area (Å²) in [4.78, 5) is 12.0. The molecule has 0 atom stereocenters. The molecule has 3 nitrogen and oxygen atoms in total. The van der Waals surface area contributed by atoms with Gasteiger partial charge < -0.3 is 10.1 Å². The summed E-state index contributed by atoms with van der Waals surface area (Å²) in [6.07, 6.45) is 3.20. The topological polar surface area (TPSA) is 38.3 Å². The van der Waals surface area contributed by atoms with Crippen molar-refractivity contribution in [1.82, 2.24) is 0 Å². The number of allylic oxidation sites excluding steroid dienone is 1. The van der Waals surface area contributed by atoms with Crippen LogP contribution < -0.4 is 10.1 Å². The first-order valence-electron chi connectivity index (χ1n) is 6.79. The highest BCUT2D eigenvalue weighted by molar-refractivity contribution is 6.04. The van der Waals surface area contributed by atoms with Gasteiger partial charge in [0.25, 0.3) is 0 Å². The van der Waals surface area contributed by atoms with E-state index in [1.165, 1.54) is 11.6 Å². The van der Waals surface area contributed by atoms with Crippen LogP contribution in [-0.4, -0.2) is 12.9 Å². The SMILES string of the molecule is COc1ccc(C(=O)/C=C/Nc2ccc(C)cc2C)cc1. The summed E-state index contributed by atoms with van der Waals surface area (Å²) in [5.74, 6) is 0.693. The summed E-state index contributed by atoms with van der Waals surface area (Å²) in [5.41, 5.74) is 4.00. The summed E-state index contributed by atoms with van der Waals surface area (Å²) in [6.45, 7) is 4.09. The maximum atomic E-state index is 12.0. The average Bonchev–Trinajstić information content (AvgIpc) is 2.49. The second kappa shape index (κ2) is 6.75. The maximum Gasteiger partial charge on any atom is 0.187 e. The third-order valence-corrected chi connectivity index (χ3v) is 3.23. The van der Waals surface area contributed by atoms with Gasteiger partial charge in [-0.3, -0.25) is 4.79 Å². The molecule has 0 saturated carbocycles. The molecule has 0 fully saturated rings. The predicted molar refractivity (Wildman–Crippen MR) is 86.0 cm³/mol. The van der Waals surface area contributed by atoms with Gasteiger partial charge in [0.15, 0.2) is 5.78 Å². The molecule has 1 N–H and O–H groups in total. The molecule has 0 spiro atoms. The Morgan fingerprint density at radius 2 is 1.81 bits per heavy atom. The van der Waals surface area contributed by atoms with Crippen molar-refractivity contribution in [3.63, 3.8) is 0 Å². The van der Waals surface area contributed by atoms with Crippen molar-refractivity contribution in [1.29, 1.82) is 0 Å². The van der Waals surface area contributed by atoms with Crippen LogP contribution in [0.1, 0.15) is 21.5 Å². The minimum Gasteiger partial charge on any atom is -0.497 e. The molecule has 0 unspecified atom stereocenters. The van der Waals surface area contributed by atoms with Gasteiger partial charge in [-0.25, -0.2) is 0 Å². The molecule has 0 aliphatic heterocycles. The smallest absolute Gasteiger partial charge is 0.187 e. The highest BCUT2D eigenvalue weighted by Crippen LogP contribution is 2.16. The molecule has 2 aromatic carbocycles. The van der Waals surface area contributed by atoms with Gasteiger partial charge in [-0.05, 0) is 49.7 Å². The monoisotopic (exact) mass is 281 g/mol. The molecule has 108 valence electrons. The highest BCUT2D eigenvalue weighted by atomic mass is 16.5. The van der Waals surface area contributed by atoms with Crippen LogP contribution in [0.2, 0.25) is 0 Å². The van der Waals surface area contributed by atoms with Crippen LogP contribution in [-0.2, 0) is 0 Å². The summed E-state index contributed by atoms with van der Waals surface area (Å²) in [5, 5.41) is 3.14. The lowest BCUT2D eigenvalue weighted by molar-refractivity contribution is 0.104. The number of nitrogens with one attached hydrogen (secondary N) is 1. The number of hydrogen-bond acceptors (Lipinski definition) is 3. The number of anilines is 1. The van der Waals surface area contributed by atoms with Crippen LogP contribution in [0, 0.1) is 13.8 Å². The summed E-state index contributed by atoms with van der Waals surface area (Å²) in [7, 11) is 1.60. The second-order valence-corrected chi connectivity index (χ2v) is 4.89. The van der Waals surface area contributed by atoms with Crippen molar-refractivity contribution in [3.8, 4) is 5.75 Å². The van der Waals surface area contributed by atoms with Crippen LogP contribution in [0.5, 0.6) is 5.75 Å². The number of methoxy groups -OCH3 is 1. The fraction of sp³-hybridized carbons (Fsp3) is 0.167. The van der Waals surface area contributed by atoms with E-state index in [0.717, 1.165) is 17.0 Å². The van der Waals surface area contributed by atoms with Crippen molar-refractivity contribution in [2.45, 2.75) is 13.8 Å². The Morgan fingerprint density at radius 3 is 2.43 bits per heavy atom. The van der Waals surface area contributed by atoms with Gasteiger partial charge in [0, 0.05) is 23.5 Å². The Bertz CT molecular complexity index is 657. The molecule has 0 aliphatic rings. The first-order valence-corrected chi connectivity index (χ1v) is 6.79. The van der Waals surface area contributed by atoms with E-state index in [9.17, 15) is 4.79 Å². The highest BCUT2D eigenvalue weighted by Gasteiger charge is 2.02. The number of carbonyl (C=O) groups excluding carboxylic acids is 1. The maximum absolute atomic E-state index is 12.0. The summed E-state index contributed by atoms with van der Waals surface area (Å²) < 4.78 is 5.07. The molecular formula is C18H19NO2. The van der Waals surface area contributed by atoms with Crippen LogP contribution >= 0.6 is 0 Å². The van der Waals surface area contributed by atoms with E-state index >= 15 is 0 Å². The number of hydrogen-bond donors (Lipinski definition) is 1. The zero-order chi connectivity index (χ0) is 15.2. The Labute approximate surface area is 125 Å². The van der Waals surface area contributed by atoms with Gasteiger partial charge in [0.2, 0.25) is 0 Å². The minimum atomic E-state index is -0.0464. The third-order valence-electron chi connectivity index (χ3n) is 3.23. The number of benzene rings is 2. The van der Waals surface area contributed by atoms with E-state index in [4.69, 9.17) is 4.74 Å². The molecular weight excluding hydrogens is 262 g/mol. The summed E-state index contributed by atoms with van der Waals surface area (Å²) >= 11 is 0. The molecule has 0 amide bonds. The van der Waals surface area contributed by atoms with Gasteiger partial charge in [-0.2, -0.15) is 0 Å². The molecule has 2 rings (SSSR count). The number of aryl methyl sites for hydroxylation is 2. The fourth-order valence-corrected chi connectivity index (χ4v) is 2.03. The summed E-state index contributed by atoms with van der Waals surface area (Å²) in [6, 6.07) is 13.2. The molecule has 0 saturated heterocycles. The lowest BCUT2D eigenvalue weighted by Gasteiger charge is -2.06. The van der Waals surface area contributed by atoms with Gasteiger partial charge >= 0.3 is 0 Å². The minimum absolute atomic E-state index is 0.0464. The Hall–Kier alpha value is -2.55. The third kappa shape index (κ3) is 3.96. The number of rotatable bonds is 5. The quantitative estimate of drug-likeness (QED) is 0.662. The molecule has 0 radical (unpaired) electrons. The molecule has 3 heteroatoms. The van der Waals surface area contributed by atoms with Crippen molar-refractivity contribution >= 4 is 11.5 Å². The lowest BCUT2D eigenvalue weighted by atomic mass is 10.1. The molecule has 2 aromatic rings. The largest absolute Gasteiger partial charge is 0.497 e. The van der Waals surface area contributed by atoms with Crippen molar-refractivity contribution in [2.75, 3.05) is 12.4 Å². The van der Waals surface area contributed by atoms with Crippen molar-refractivity contribution in [2.24, 2.45) is 0 Å². The van der Waals surface area contributed by atoms with Gasteiger partial charge in [-0.15, -0.1) is 0 Å². The zero-order valence-electron chi connectivity index (χ0n) is 12.5. The van der Waals surface area contributed by atoms with Gasteiger partial charge in [0.05, 0.1) is 7.11 Å². The molecule has 0 heterocycles. The standard InChI is InChI=1S/C18H19NO2/c1-13-4-9-17(14(2)12-13)19-11-10-18(20)15-5-7-16(21-3)8-6-15/h4-12,19H,1-3H3/b11-10+. The predicted octanol–water partition coefficient (Wildman–Crippen LogP) is 4.12. The van der Waals surface area contributed by atoms with Gasteiger partial charge in [0.1, 0.15) is 5.75 Å². The van der Waals surface area contributed by atoms with E-state index in [0.29, 0.717) is 5.56 Å². The number of ether oxygens (including phenoxy) is 1.